The van der Waals surface area contributed by atoms with Crippen LogP contribution in [-0.2, 0) is 4.79 Å². The highest BCUT2D eigenvalue weighted by atomic mass is 16.6. The van der Waals surface area contributed by atoms with Crippen LogP contribution in [0.4, 0.5) is 11.4 Å². The number of nitriles is 1. The molecule has 1 N–H and O–H groups in total. The lowest BCUT2D eigenvalue weighted by atomic mass is 10.1. The molecule has 0 aliphatic heterocycles. The zero-order valence-corrected chi connectivity index (χ0v) is 15.8. The number of aryl methyl sites for hydroxylation is 1. The van der Waals surface area contributed by atoms with Crippen LogP contribution in [0.5, 0.6) is 0 Å². The predicted octanol–water partition coefficient (Wildman–Crippen LogP) is 3.94. The number of benzene rings is 2. The van der Waals surface area contributed by atoms with E-state index in [-0.39, 0.29) is 16.9 Å². The summed E-state index contributed by atoms with van der Waals surface area (Å²) in [6.07, 6.45) is 1.48. The third kappa shape index (κ3) is 4.20. The lowest BCUT2D eigenvalue weighted by Crippen LogP contribution is -2.13. The predicted molar refractivity (Wildman–Crippen MR) is 108 cm³/mol. The topological polar surface area (TPSA) is 114 Å². The van der Waals surface area contributed by atoms with Crippen LogP contribution < -0.4 is 5.32 Å². The first-order valence-corrected chi connectivity index (χ1v) is 8.70. The standard InChI is InChI=1S/C21H17N5O3/c1-14-20(15(2)25(24-14)18-8-4-3-5-9-18)11-16(13-22)21(27)23-17-7-6-10-19(12-17)26(28)29/h3-12H,1-2H3,(H,23,27). The normalized spacial score (nSPS) is 11.0. The summed E-state index contributed by atoms with van der Waals surface area (Å²) in [6.45, 7) is 3.65. The molecule has 1 aromatic heterocycles. The van der Waals surface area contributed by atoms with Gasteiger partial charge < -0.3 is 5.32 Å². The lowest BCUT2D eigenvalue weighted by molar-refractivity contribution is -0.384. The Bertz CT molecular complexity index is 1160. The molecule has 0 radical (unpaired) electrons. The van der Waals surface area contributed by atoms with Crippen molar-refractivity contribution in [2.75, 3.05) is 5.32 Å². The number of nitro benzene ring substituents is 1. The van der Waals surface area contributed by atoms with Crippen molar-refractivity contribution in [2.45, 2.75) is 13.8 Å². The van der Waals surface area contributed by atoms with Gasteiger partial charge in [-0.3, -0.25) is 14.9 Å². The molecular formula is C21H17N5O3. The SMILES string of the molecule is Cc1nn(-c2ccccc2)c(C)c1C=C(C#N)C(=O)Nc1cccc([N+](=O)[O-])c1. The van der Waals surface area contributed by atoms with E-state index in [9.17, 15) is 20.2 Å². The number of carbonyl (C=O) groups is 1. The molecule has 0 atom stereocenters. The Balaban J connectivity index is 1.91. The third-order valence-corrected chi connectivity index (χ3v) is 4.32. The van der Waals surface area contributed by atoms with Crippen LogP contribution in [0.25, 0.3) is 11.8 Å². The number of nitrogens with zero attached hydrogens (tertiary/aromatic N) is 4. The number of anilines is 1. The number of para-hydroxylation sites is 1. The van der Waals surface area contributed by atoms with E-state index >= 15 is 0 Å². The number of hydrogen-bond acceptors (Lipinski definition) is 5. The number of rotatable bonds is 5. The van der Waals surface area contributed by atoms with E-state index in [4.69, 9.17) is 0 Å². The van der Waals surface area contributed by atoms with Crippen molar-refractivity contribution in [1.29, 1.82) is 5.26 Å². The van der Waals surface area contributed by atoms with Gasteiger partial charge in [-0.05, 0) is 38.1 Å². The fourth-order valence-corrected chi connectivity index (χ4v) is 2.87. The number of amides is 1. The summed E-state index contributed by atoms with van der Waals surface area (Å²) in [4.78, 5) is 22.9. The van der Waals surface area contributed by atoms with Crippen LogP contribution in [-0.4, -0.2) is 20.6 Å². The second kappa shape index (κ2) is 8.19. The number of non-ortho nitro benzene ring substituents is 1. The molecule has 3 aromatic rings. The molecule has 1 amide bonds. The summed E-state index contributed by atoms with van der Waals surface area (Å²) in [5.74, 6) is -0.653. The molecule has 0 spiro atoms. The van der Waals surface area contributed by atoms with Gasteiger partial charge in [0.15, 0.2) is 0 Å². The minimum Gasteiger partial charge on any atom is -0.321 e. The summed E-state index contributed by atoms with van der Waals surface area (Å²) in [6, 6.07) is 16.9. The number of nitrogens with one attached hydrogen (secondary N) is 1. The fraction of sp³-hybridized carbons (Fsp3) is 0.0952. The van der Waals surface area contributed by atoms with Gasteiger partial charge >= 0.3 is 0 Å². The summed E-state index contributed by atoms with van der Waals surface area (Å²) in [5.41, 5.74) is 2.94. The second-order valence-electron chi connectivity index (χ2n) is 6.26. The van der Waals surface area contributed by atoms with Crippen LogP contribution in [0.15, 0.2) is 60.2 Å². The average molecular weight is 387 g/mol. The minimum absolute atomic E-state index is 0.129. The Morgan fingerprint density at radius 2 is 1.93 bits per heavy atom. The van der Waals surface area contributed by atoms with Crippen molar-refractivity contribution >= 4 is 23.4 Å². The summed E-state index contributed by atoms with van der Waals surface area (Å²) >= 11 is 0. The van der Waals surface area contributed by atoms with Gasteiger partial charge in [-0.2, -0.15) is 10.4 Å². The maximum Gasteiger partial charge on any atom is 0.271 e. The quantitative estimate of drug-likeness (QED) is 0.308. The highest BCUT2D eigenvalue weighted by Gasteiger charge is 2.16. The van der Waals surface area contributed by atoms with Crippen molar-refractivity contribution < 1.29 is 9.72 Å². The van der Waals surface area contributed by atoms with Gasteiger partial charge in [0.25, 0.3) is 11.6 Å². The number of carbonyl (C=O) groups excluding carboxylic acids is 1. The van der Waals surface area contributed by atoms with Crippen LogP contribution >= 0.6 is 0 Å². The summed E-state index contributed by atoms with van der Waals surface area (Å²) in [7, 11) is 0. The molecule has 3 rings (SSSR count). The van der Waals surface area contributed by atoms with Crippen molar-refractivity contribution in [3.05, 3.63) is 87.2 Å². The highest BCUT2D eigenvalue weighted by molar-refractivity contribution is 6.09. The summed E-state index contributed by atoms with van der Waals surface area (Å²) < 4.78 is 1.74. The van der Waals surface area contributed by atoms with Crippen molar-refractivity contribution in [3.8, 4) is 11.8 Å². The molecule has 0 saturated carbocycles. The highest BCUT2D eigenvalue weighted by Crippen LogP contribution is 2.22. The first-order chi connectivity index (χ1) is 13.9. The molecule has 8 heteroatoms. The largest absolute Gasteiger partial charge is 0.321 e. The second-order valence-corrected chi connectivity index (χ2v) is 6.26. The van der Waals surface area contributed by atoms with E-state index in [1.54, 1.807) is 11.6 Å². The van der Waals surface area contributed by atoms with Gasteiger partial charge in [0.1, 0.15) is 11.6 Å². The Morgan fingerprint density at radius 1 is 1.21 bits per heavy atom. The average Bonchev–Trinajstić information content (AvgIpc) is 3.00. The van der Waals surface area contributed by atoms with Crippen LogP contribution in [0.2, 0.25) is 0 Å². The molecule has 1 heterocycles. The molecule has 0 saturated heterocycles. The number of aromatic nitrogens is 2. The van der Waals surface area contributed by atoms with Crippen molar-refractivity contribution in [2.24, 2.45) is 0 Å². The van der Waals surface area contributed by atoms with E-state index in [1.807, 2.05) is 43.3 Å². The van der Waals surface area contributed by atoms with Gasteiger partial charge in [0.05, 0.1) is 16.3 Å². The molecule has 0 aliphatic carbocycles. The number of nitro groups is 1. The van der Waals surface area contributed by atoms with Crippen molar-refractivity contribution in [3.63, 3.8) is 0 Å². The van der Waals surface area contributed by atoms with Crippen molar-refractivity contribution in [1.82, 2.24) is 9.78 Å². The molecule has 0 aliphatic rings. The van der Waals surface area contributed by atoms with Crippen LogP contribution in [0.3, 0.4) is 0 Å². The lowest BCUT2D eigenvalue weighted by Gasteiger charge is -2.05. The van der Waals surface area contributed by atoms with E-state index in [0.29, 0.717) is 11.3 Å². The Hall–Kier alpha value is -4.25. The molecule has 29 heavy (non-hydrogen) atoms. The monoisotopic (exact) mass is 387 g/mol. The van der Waals surface area contributed by atoms with Gasteiger partial charge in [0, 0.05) is 29.1 Å². The zero-order chi connectivity index (χ0) is 21.0. The van der Waals surface area contributed by atoms with E-state index in [2.05, 4.69) is 10.4 Å². The molecule has 144 valence electrons. The maximum absolute atomic E-state index is 12.5. The Kier molecular flexibility index (Phi) is 5.51. The van der Waals surface area contributed by atoms with Gasteiger partial charge in [0.2, 0.25) is 0 Å². The molecule has 0 fully saturated rings. The maximum atomic E-state index is 12.5. The smallest absolute Gasteiger partial charge is 0.271 e. The number of hydrogen-bond donors (Lipinski definition) is 1. The summed E-state index contributed by atoms with van der Waals surface area (Å²) in [5, 5.41) is 27.4. The van der Waals surface area contributed by atoms with Crippen LogP contribution in [0, 0.1) is 35.3 Å². The van der Waals surface area contributed by atoms with Gasteiger partial charge in [-0.1, -0.05) is 24.3 Å². The fourth-order valence-electron chi connectivity index (χ4n) is 2.87. The molecular weight excluding hydrogens is 370 g/mol. The first-order valence-electron chi connectivity index (χ1n) is 8.70. The van der Waals surface area contributed by atoms with Gasteiger partial charge in [-0.15, -0.1) is 0 Å². The van der Waals surface area contributed by atoms with E-state index < -0.39 is 10.8 Å². The molecule has 8 nitrogen and oxygen atoms in total. The first kappa shape index (κ1) is 19.5. The van der Waals surface area contributed by atoms with E-state index in [1.165, 1.54) is 30.3 Å². The van der Waals surface area contributed by atoms with Crippen LogP contribution in [0.1, 0.15) is 17.0 Å². The Morgan fingerprint density at radius 3 is 2.59 bits per heavy atom. The molecule has 2 aromatic carbocycles. The third-order valence-electron chi connectivity index (χ3n) is 4.32. The molecule has 0 bridgehead atoms. The molecule has 0 unspecified atom stereocenters. The van der Waals surface area contributed by atoms with Gasteiger partial charge in [-0.25, -0.2) is 4.68 Å². The van der Waals surface area contributed by atoms with E-state index in [0.717, 1.165) is 11.4 Å². The Labute approximate surface area is 166 Å². The minimum atomic E-state index is -0.653. The zero-order valence-electron chi connectivity index (χ0n) is 15.8.